The van der Waals surface area contributed by atoms with Gasteiger partial charge in [-0.2, -0.15) is 13.2 Å². The Hall–Kier alpha value is -2.00. The van der Waals surface area contributed by atoms with Gasteiger partial charge < -0.3 is 10.0 Å². The monoisotopic (exact) mass is 450 g/mol. The first kappa shape index (κ1) is 22.2. The topological polar surface area (TPSA) is 43.8 Å². The number of hydrogen-bond donors (Lipinski definition) is 1. The maximum atomic E-state index is 13.3. The molecule has 2 heterocycles. The zero-order chi connectivity index (χ0) is 22.0. The fraction of sp³-hybridized carbons (Fsp3) is 0.391. The van der Waals surface area contributed by atoms with Crippen molar-refractivity contribution in [2.45, 2.75) is 22.4 Å². The van der Waals surface area contributed by atoms with Crippen molar-refractivity contribution < 1.29 is 22.5 Å². The van der Waals surface area contributed by atoms with Crippen molar-refractivity contribution in [2.75, 3.05) is 45.9 Å². The molecule has 1 N–H and O–H groups in total. The van der Waals surface area contributed by atoms with Gasteiger partial charge in [-0.25, -0.2) is 4.21 Å². The lowest BCUT2D eigenvalue weighted by Gasteiger charge is -2.34. The number of rotatable bonds is 5. The van der Waals surface area contributed by atoms with Gasteiger partial charge >= 0.3 is 6.18 Å². The van der Waals surface area contributed by atoms with Gasteiger partial charge in [0.1, 0.15) is 0 Å². The molecule has 0 bridgehead atoms. The predicted molar refractivity (Wildman–Crippen MR) is 114 cm³/mol. The molecule has 0 amide bonds. The van der Waals surface area contributed by atoms with E-state index in [-0.39, 0.29) is 6.61 Å². The molecule has 2 aromatic carbocycles. The van der Waals surface area contributed by atoms with Crippen molar-refractivity contribution in [3.8, 4) is 0 Å². The van der Waals surface area contributed by atoms with Gasteiger partial charge in [0.2, 0.25) is 0 Å². The molecule has 1 unspecified atom stereocenters. The maximum absolute atomic E-state index is 13.3. The zero-order valence-corrected chi connectivity index (χ0v) is 17.9. The van der Waals surface area contributed by atoms with E-state index in [1.807, 2.05) is 18.2 Å². The second kappa shape index (κ2) is 9.24. The number of nitrogens with zero attached hydrogens (tertiary/aromatic N) is 2. The van der Waals surface area contributed by atoms with Gasteiger partial charge in [0.05, 0.1) is 32.8 Å². The van der Waals surface area contributed by atoms with E-state index in [9.17, 15) is 17.4 Å². The number of aliphatic hydroxyl groups is 1. The highest BCUT2D eigenvalue weighted by Crippen LogP contribution is 2.42. The smallest absolute Gasteiger partial charge is 0.395 e. The molecule has 0 spiro atoms. The Balaban J connectivity index is 1.60. The number of aliphatic hydroxyl groups excluding tert-OH is 1. The molecule has 1 fully saturated rings. The van der Waals surface area contributed by atoms with E-state index in [0.29, 0.717) is 28.3 Å². The van der Waals surface area contributed by atoms with Gasteiger partial charge in [-0.3, -0.25) is 4.90 Å². The third kappa shape index (κ3) is 4.77. The fourth-order valence-corrected chi connectivity index (χ4v) is 5.56. The maximum Gasteiger partial charge on any atom is 0.416 e. The van der Waals surface area contributed by atoms with Crippen LogP contribution in [0.3, 0.4) is 0 Å². The first-order valence-corrected chi connectivity index (χ1v) is 11.5. The average Bonchev–Trinajstić information content (AvgIpc) is 2.76. The van der Waals surface area contributed by atoms with Crippen molar-refractivity contribution in [3.05, 3.63) is 65.2 Å². The molecule has 2 aromatic rings. The zero-order valence-electron chi connectivity index (χ0n) is 17.1. The van der Waals surface area contributed by atoms with Crippen LogP contribution in [0, 0.1) is 0 Å². The molecule has 2 aliphatic heterocycles. The summed E-state index contributed by atoms with van der Waals surface area (Å²) in [6.07, 6.45) is -1.78. The summed E-state index contributed by atoms with van der Waals surface area (Å²) >= 11 is 0. The highest BCUT2D eigenvalue weighted by molar-refractivity contribution is 7.85. The van der Waals surface area contributed by atoms with Gasteiger partial charge in [0, 0.05) is 39.3 Å². The van der Waals surface area contributed by atoms with Crippen LogP contribution in [-0.2, 0) is 17.0 Å². The van der Waals surface area contributed by atoms with Crippen LogP contribution in [-0.4, -0.2) is 65.0 Å². The quantitative estimate of drug-likeness (QED) is 0.645. The summed E-state index contributed by atoms with van der Waals surface area (Å²) < 4.78 is 53.0. The third-order valence-electron chi connectivity index (χ3n) is 5.85. The van der Waals surface area contributed by atoms with E-state index >= 15 is 0 Å². The van der Waals surface area contributed by atoms with E-state index in [4.69, 9.17) is 5.11 Å². The Morgan fingerprint density at radius 3 is 2.26 bits per heavy atom. The molecule has 4 rings (SSSR count). The minimum absolute atomic E-state index is 0.159. The molecule has 0 saturated carbocycles. The van der Waals surface area contributed by atoms with Gasteiger partial charge in [-0.15, -0.1) is 0 Å². The summed E-state index contributed by atoms with van der Waals surface area (Å²) in [4.78, 5) is 5.61. The van der Waals surface area contributed by atoms with Gasteiger partial charge in [0.25, 0.3) is 0 Å². The van der Waals surface area contributed by atoms with Crippen LogP contribution in [0.5, 0.6) is 0 Å². The number of fused-ring (bicyclic) bond motifs is 2. The minimum atomic E-state index is -4.45. The standard InChI is InChI=1S/C23H25F3N2O2S/c24-23(25,26)17-7-8-22-20(16-17)18(19-4-1-2-6-21(19)31(22)30)5-3-9-27-10-12-28(13-11-27)14-15-29/h1-2,4-8,16,29H,3,9-15H2/b18-5+. The first-order valence-electron chi connectivity index (χ1n) is 10.4. The fourth-order valence-electron chi connectivity index (χ4n) is 4.18. The number of benzene rings is 2. The SMILES string of the molecule is O=S1c2ccccc2/C(=C\CCN2CCN(CCO)CC2)c2cc(C(F)(F)F)ccc21. The molecule has 0 aromatic heterocycles. The Bertz CT molecular complexity index is 999. The van der Waals surface area contributed by atoms with Crippen LogP contribution in [0.25, 0.3) is 5.57 Å². The Morgan fingerprint density at radius 2 is 1.58 bits per heavy atom. The molecule has 4 nitrogen and oxygen atoms in total. The Morgan fingerprint density at radius 1 is 0.935 bits per heavy atom. The molecule has 31 heavy (non-hydrogen) atoms. The summed E-state index contributed by atoms with van der Waals surface area (Å²) in [5.41, 5.74) is 1.13. The van der Waals surface area contributed by atoms with Crippen molar-refractivity contribution in [1.29, 1.82) is 0 Å². The first-order chi connectivity index (χ1) is 14.9. The minimum Gasteiger partial charge on any atom is -0.395 e. The van der Waals surface area contributed by atoms with E-state index in [0.717, 1.165) is 56.0 Å². The molecule has 0 aliphatic carbocycles. The molecule has 2 aliphatic rings. The molecular formula is C23H25F3N2O2S. The highest BCUT2D eigenvalue weighted by Gasteiger charge is 2.34. The van der Waals surface area contributed by atoms with Crippen molar-refractivity contribution in [1.82, 2.24) is 9.80 Å². The molecular weight excluding hydrogens is 425 g/mol. The van der Waals surface area contributed by atoms with Crippen molar-refractivity contribution >= 4 is 16.4 Å². The molecule has 1 atom stereocenters. The molecule has 8 heteroatoms. The van der Waals surface area contributed by atoms with E-state index in [1.165, 1.54) is 6.07 Å². The second-order valence-electron chi connectivity index (χ2n) is 7.79. The van der Waals surface area contributed by atoms with Gasteiger partial charge in [-0.1, -0.05) is 24.3 Å². The molecule has 166 valence electrons. The van der Waals surface area contributed by atoms with Crippen LogP contribution >= 0.6 is 0 Å². The largest absolute Gasteiger partial charge is 0.416 e. The lowest BCUT2D eigenvalue weighted by Crippen LogP contribution is -2.47. The van der Waals surface area contributed by atoms with Crippen LogP contribution < -0.4 is 0 Å². The van der Waals surface area contributed by atoms with Gasteiger partial charge in [-0.05, 0) is 47.4 Å². The molecule has 1 saturated heterocycles. The van der Waals surface area contributed by atoms with E-state index < -0.39 is 22.5 Å². The van der Waals surface area contributed by atoms with Crippen molar-refractivity contribution in [2.24, 2.45) is 0 Å². The number of halogens is 3. The number of β-amino-alcohol motifs (C(OH)–C–C–N with tert-alkyl or cyclic N) is 1. The Kier molecular flexibility index (Phi) is 6.62. The summed E-state index contributed by atoms with van der Waals surface area (Å²) in [5, 5.41) is 9.06. The van der Waals surface area contributed by atoms with Crippen LogP contribution in [0.15, 0.2) is 58.3 Å². The van der Waals surface area contributed by atoms with Crippen LogP contribution in [0.2, 0.25) is 0 Å². The number of alkyl halides is 3. The molecule has 0 radical (unpaired) electrons. The summed E-state index contributed by atoms with van der Waals surface area (Å²) in [6, 6.07) is 10.7. The highest BCUT2D eigenvalue weighted by atomic mass is 32.2. The number of hydrogen-bond acceptors (Lipinski definition) is 4. The predicted octanol–water partition coefficient (Wildman–Crippen LogP) is 3.62. The van der Waals surface area contributed by atoms with Crippen molar-refractivity contribution in [3.63, 3.8) is 0 Å². The lowest BCUT2D eigenvalue weighted by molar-refractivity contribution is -0.137. The van der Waals surface area contributed by atoms with Gasteiger partial charge in [0.15, 0.2) is 0 Å². The lowest BCUT2D eigenvalue weighted by atomic mass is 9.94. The number of piperazine rings is 1. The van der Waals surface area contributed by atoms with E-state index in [1.54, 1.807) is 12.1 Å². The third-order valence-corrected chi connectivity index (χ3v) is 7.36. The summed E-state index contributed by atoms with van der Waals surface area (Å²) in [5.74, 6) is 0. The second-order valence-corrected chi connectivity index (χ2v) is 9.20. The summed E-state index contributed by atoms with van der Waals surface area (Å²) in [7, 11) is -1.51. The summed E-state index contributed by atoms with van der Waals surface area (Å²) in [6.45, 7) is 5.25. The van der Waals surface area contributed by atoms with Crippen LogP contribution in [0.1, 0.15) is 23.1 Å². The Labute approximate surface area is 182 Å². The van der Waals surface area contributed by atoms with Crippen LogP contribution in [0.4, 0.5) is 13.2 Å². The normalized spacial score (nSPS) is 21.2. The average molecular weight is 451 g/mol. The van der Waals surface area contributed by atoms with E-state index in [2.05, 4.69) is 9.80 Å².